The second-order valence-corrected chi connectivity index (χ2v) is 9.12. The summed E-state index contributed by atoms with van der Waals surface area (Å²) in [6.45, 7) is 5.36. The summed E-state index contributed by atoms with van der Waals surface area (Å²) in [7, 11) is 0. The van der Waals surface area contributed by atoms with Crippen molar-refractivity contribution in [3.05, 3.63) is 87.9 Å². The largest absolute Gasteiger partial charge is 0.325 e. The van der Waals surface area contributed by atoms with Crippen LogP contribution in [0.1, 0.15) is 26.1 Å². The van der Waals surface area contributed by atoms with Gasteiger partial charge in [0.25, 0.3) is 5.56 Å². The SMILES string of the molecule is CC(C)CCn1c(Cn2c(=O)cnc3ccc(-c4ccc(F)cc4)cc32)nc2nc(Cl)ccc21. The van der Waals surface area contributed by atoms with Crippen molar-refractivity contribution >= 4 is 33.8 Å². The van der Waals surface area contributed by atoms with E-state index in [1.165, 1.54) is 18.3 Å². The molecule has 0 aliphatic carbocycles. The molecule has 5 rings (SSSR count). The molecule has 0 amide bonds. The number of fused-ring (bicyclic) bond motifs is 2. The first kappa shape index (κ1) is 22.2. The minimum absolute atomic E-state index is 0.225. The highest BCUT2D eigenvalue weighted by molar-refractivity contribution is 6.29. The van der Waals surface area contributed by atoms with E-state index in [1.54, 1.807) is 22.8 Å². The van der Waals surface area contributed by atoms with Crippen LogP contribution >= 0.6 is 11.6 Å². The van der Waals surface area contributed by atoms with Crippen LogP contribution in [0.15, 0.2) is 65.6 Å². The zero-order chi connectivity index (χ0) is 23.8. The van der Waals surface area contributed by atoms with Crippen LogP contribution in [0, 0.1) is 11.7 Å². The summed E-state index contributed by atoms with van der Waals surface area (Å²) < 4.78 is 17.2. The molecule has 0 radical (unpaired) electrons. The van der Waals surface area contributed by atoms with Crippen LogP contribution < -0.4 is 5.56 Å². The number of pyridine rings is 1. The summed E-state index contributed by atoms with van der Waals surface area (Å²) in [6, 6.07) is 15.6. The van der Waals surface area contributed by atoms with E-state index in [2.05, 4.69) is 28.4 Å². The van der Waals surface area contributed by atoms with Crippen LogP contribution in [0.25, 0.3) is 33.3 Å². The van der Waals surface area contributed by atoms with Crippen molar-refractivity contribution in [3.8, 4) is 11.1 Å². The zero-order valence-corrected chi connectivity index (χ0v) is 19.6. The molecule has 0 saturated heterocycles. The summed E-state index contributed by atoms with van der Waals surface area (Å²) in [5.74, 6) is 0.942. The van der Waals surface area contributed by atoms with Gasteiger partial charge in [0.05, 0.1) is 29.3 Å². The Morgan fingerprint density at radius 1 is 0.941 bits per heavy atom. The number of aromatic nitrogens is 5. The van der Waals surface area contributed by atoms with Crippen LogP contribution in [0.3, 0.4) is 0 Å². The fourth-order valence-corrected chi connectivity index (χ4v) is 4.22. The Hall–Kier alpha value is -3.58. The van der Waals surface area contributed by atoms with Gasteiger partial charge in [-0.3, -0.25) is 9.36 Å². The zero-order valence-electron chi connectivity index (χ0n) is 18.9. The van der Waals surface area contributed by atoms with Crippen molar-refractivity contribution in [2.45, 2.75) is 33.4 Å². The molecule has 0 bridgehead atoms. The predicted octanol–water partition coefficient (Wildman–Crippen LogP) is 5.70. The van der Waals surface area contributed by atoms with Gasteiger partial charge in [-0.1, -0.05) is 43.6 Å². The number of nitrogens with zero attached hydrogens (tertiary/aromatic N) is 5. The van der Waals surface area contributed by atoms with Gasteiger partial charge in [-0.2, -0.15) is 0 Å². The van der Waals surface area contributed by atoms with E-state index < -0.39 is 0 Å². The van der Waals surface area contributed by atoms with Crippen LogP contribution in [0.5, 0.6) is 0 Å². The number of hydrogen-bond acceptors (Lipinski definition) is 4. The summed E-state index contributed by atoms with van der Waals surface area (Å²) in [5, 5.41) is 0.378. The van der Waals surface area contributed by atoms with Crippen LogP contribution in [0.2, 0.25) is 5.15 Å². The Kier molecular flexibility index (Phi) is 5.87. The first-order valence-electron chi connectivity index (χ1n) is 11.2. The summed E-state index contributed by atoms with van der Waals surface area (Å²) in [4.78, 5) is 26.4. The smallest absolute Gasteiger partial charge is 0.269 e. The minimum atomic E-state index is -0.294. The summed E-state index contributed by atoms with van der Waals surface area (Å²) in [6.07, 6.45) is 2.29. The Morgan fingerprint density at radius 2 is 1.71 bits per heavy atom. The fraction of sp³-hybridized carbons (Fsp3) is 0.231. The third kappa shape index (κ3) is 4.31. The van der Waals surface area contributed by atoms with Crippen molar-refractivity contribution < 1.29 is 4.39 Å². The van der Waals surface area contributed by atoms with E-state index in [9.17, 15) is 9.18 Å². The number of halogens is 2. The highest BCUT2D eigenvalue weighted by atomic mass is 35.5. The number of hydrogen-bond donors (Lipinski definition) is 0. The number of aryl methyl sites for hydroxylation is 1. The maximum absolute atomic E-state index is 13.4. The summed E-state index contributed by atoms with van der Waals surface area (Å²) in [5.41, 5.74) is 4.32. The van der Waals surface area contributed by atoms with Gasteiger partial charge in [0.2, 0.25) is 0 Å². The van der Waals surface area contributed by atoms with Crippen LogP contribution in [-0.4, -0.2) is 24.1 Å². The van der Waals surface area contributed by atoms with E-state index >= 15 is 0 Å². The van der Waals surface area contributed by atoms with Gasteiger partial charge in [-0.05, 0) is 59.9 Å². The van der Waals surface area contributed by atoms with E-state index in [1.807, 2.05) is 24.3 Å². The number of imidazole rings is 1. The van der Waals surface area contributed by atoms with Gasteiger partial charge >= 0.3 is 0 Å². The maximum Gasteiger partial charge on any atom is 0.269 e. The van der Waals surface area contributed by atoms with Crippen molar-refractivity contribution in [1.29, 1.82) is 0 Å². The topological polar surface area (TPSA) is 65.6 Å². The van der Waals surface area contributed by atoms with Gasteiger partial charge in [-0.15, -0.1) is 0 Å². The molecule has 172 valence electrons. The molecule has 5 aromatic rings. The molecule has 0 saturated carbocycles. The lowest BCUT2D eigenvalue weighted by Crippen LogP contribution is -2.23. The number of benzene rings is 2. The maximum atomic E-state index is 13.4. The Labute approximate surface area is 200 Å². The molecular weight excluding hydrogens is 453 g/mol. The second kappa shape index (κ2) is 8.99. The third-order valence-corrected chi connectivity index (χ3v) is 6.12. The van der Waals surface area contributed by atoms with Gasteiger partial charge in [0.15, 0.2) is 5.65 Å². The number of rotatable bonds is 6. The lowest BCUT2D eigenvalue weighted by atomic mass is 10.0. The average molecular weight is 476 g/mol. The molecule has 6 nitrogen and oxygen atoms in total. The molecular formula is C26H23ClFN5O. The molecule has 3 aromatic heterocycles. The molecule has 2 aromatic carbocycles. The quantitative estimate of drug-likeness (QED) is 0.296. The highest BCUT2D eigenvalue weighted by Crippen LogP contribution is 2.25. The van der Waals surface area contributed by atoms with Crippen molar-refractivity contribution in [2.75, 3.05) is 0 Å². The van der Waals surface area contributed by atoms with Gasteiger partial charge in [0.1, 0.15) is 16.8 Å². The van der Waals surface area contributed by atoms with Gasteiger partial charge in [0, 0.05) is 6.54 Å². The standard InChI is InChI=1S/C26H23ClFN5O/c1-16(2)11-12-32-21-9-10-23(27)30-26(21)31-24(32)15-33-22-13-18(17-3-6-19(28)7-4-17)5-8-20(22)29-14-25(33)34/h3-10,13-14,16H,11-12,15H2,1-2H3. The normalized spacial score (nSPS) is 11.7. The minimum Gasteiger partial charge on any atom is -0.325 e. The monoisotopic (exact) mass is 475 g/mol. The molecule has 0 fully saturated rings. The van der Waals surface area contributed by atoms with E-state index in [-0.39, 0.29) is 17.9 Å². The molecule has 8 heteroatoms. The molecule has 3 heterocycles. The van der Waals surface area contributed by atoms with Crippen molar-refractivity contribution in [3.63, 3.8) is 0 Å². The average Bonchev–Trinajstić information content (AvgIpc) is 3.15. The third-order valence-electron chi connectivity index (χ3n) is 5.91. The highest BCUT2D eigenvalue weighted by Gasteiger charge is 2.16. The van der Waals surface area contributed by atoms with Crippen molar-refractivity contribution in [2.24, 2.45) is 5.92 Å². The molecule has 0 N–H and O–H groups in total. The Morgan fingerprint density at radius 3 is 2.47 bits per heavy atom. The molecule has 0 aliphatic rings. The molecule has 34 heavy (non-hydrogen) atoms. The van der Waals surface area contributed by atoms with E-state index in [0.717, 1.165) is 35.4 Å². The van der Waals surface area contributed by atoms with E-state index in [4.69, 9.17) is 16.6 Å². The Bertz CT molecular complexity index is 1560. The lowest BCUT2D eigenvalue weighted by molar-refractivity contribution is 0.507. The van der Waals surface area contributed by atoms with Crippen molar-refractivity contribution in [1.82, 2.24) is 24.1 Å². The molecule has 0 aliphatic heterocycles. The van der Waals surface area contributed by atoms with Crippen LogP contribution in [-0.2, 0) is 13.1 Å². The summed E-state index contributed by atoms with van der Waals surface area (Å²) >= 11 is 6.11. The first-order chi connectivity index (χ1) is 16.4. The first-order valence-corrected chi connectivity index (χ1v) is 11.5. The van der Waals surface area contributed by atoms with Gasteiger partial charge in [-0.25, -0.2) is 19.3 Å². The van der Waals surface area contributed by atoms with E-state index in [0.29, 0.717) is 27.8 Å². The molecule has 0 unspecified atom stereocenters. The van der Waals surface area contributed by atoms with Crippen LogP contribution in [0.4, 0.5) is 4.39 Å². The fourth-order valence-electron chi connectivity index (χ4n) is 4.08. The second-order valence-electron chi connectivity index (χ2n) is 8.73. The Balaban J connectivity index is 1.64. The van der Waals surface area contributed by atoms with Gasteiger partial charge < -0.3 is 4.57 Å². The lowest BCUT2D eigenvalue weighted by Gasteiger charge is -2.14. The molecule has 0 spiro atoms. The molecule has 0 atom stereocenters. The predicted molar refractivity (Wildman–Crippen MR) is 132 cm³/mol.